The molecule has 1 aromatic rings. The van der Waals surface area contributed by atoms with Crippen LogP contribution in [0.1, 0.15) is 38.1 Å². The molecule has 4 N–H and O–H groups in total. The van der Waals surface area contributed by atoms with Crippen molar-refractivity contribution in [1.82, 2.24) is 4.31 Å². The highest BCUT2D eigenvalue weighted by Crippen LogP contribution is 2.37. The van der Waals surface area contributed by atoms with Crippen LogP contribution in [0.3, 0.4) is 0 Å². The summed E-state index contributed by atoms with van der Waals surface area (Å²) in [5.41, 5.74) is 5.69. The summed E-state index contributed by atoms with van der Waals surface area (Å²) in [6, 6.07) is 2.13. The van der Waals surface area contributed by atoms with Crippen LogP contribution in [0.15, 0.2) is 6.07 Å². The third-order valence-electron chi connectivity index (χ3n) is 2.59. The highest BCUT2D eigenvalue weighted by Gasteiger charge is 2.21. The summed E-state index contributed by atoms with van der Waals surface area (Å²) >= 11 is 2.49. The molecule has 8 heteroatoms. The van der Waals surface area contributed by atoms with Gasteiger partial charge in [-0.15, -0.1) is 0 Å². The number of carbonyl (C=O) groups is 1. The number of hydrogen-bond donors (Lipinski definition) is 3. The second kappa shape index (κ2) is 7.16. The molecule has 6 nitrogen and oxygen atoms in total. The zero-order valence-corrected chi connectivity index (χ0v) is 14.0. The SMILES string of the molecule is CNc1sc(N(O)SN(C(C)C)C(C)C)cc1C(N)=O. The molecule has 1 aromatic heterocycles. The highest BCUT2D eigenvalue weighted by atomic mass is 32.2. The number of anilines is 2. The first-order chi connectivity index (χ1) is 9.27. The predicted molar refractivity (Wildman–Crippen MR) is 86.4 cm³/mol. The molecule has 0 atom stereocenters. The van der Waals surface area contributed by atoms with Crippen LogP contribution in [0.2, 0.25) is 0 Å². The monoisotopic (exact) mass is 318 g/mol. The lowest BCUT2D eigenvalue weighted by Gasteiger charge is -2.31. The quantitative estimate of drug-likeness (QED) is 0.530. The maximum absolute atomic E-state index is 11.3. The Morgan fingerprint density at radius 3 is 2.30 bits per heavy atom. The highest BCUT2D eigenvalue weighted by molar-refractivity contribution is 7.98. The smallest absolute Gasteiger partial charge is 0.251 e. The molecule has 0 fully saturated rings. The molecule has 0 aliphatic rings. The number of carbonyl (C=O) groups excluding carboxylic acids is 1. The molecule has 0 saturated heterocycles. The van der Waals surface area contributed by atoms with Crippen molar-refractivity contribution >= 4 is 39.4 Å². The fourth-order valence-corrected chi connectivity index (χ4v) is 3.49. The van der Waals surface area contributed by atoms with E-state index in [1.165, 1.54) is 23.5 Å². The Morgan fingerprint density at radius 1 is 1.40 bits per heavy atom. The number of nitrogens with one attached hydrogen (secondary N) is 1. The van der Waals surface area contributed by atoms with Crippen molar-refractivity contribution in [1.29, 1.82) is 0 Å². The molecule has 0 bridgehead atoms. The summed E-state index contributed by atoms with van der Waals surface area (Å²) in [5, 5.41) is 14.3. The third kappa shape index (κ3) is 4.02. The first-order valence-electron chi connectivity index (χ1n) is 6.34. The molecule has 0 radical (unpaired) electrons. The van der Waals surface area contributed by atoms with Gasteiger partial charge in [-0.05, 0) is 33.8 Å². The van der Waals surface area contributed by atoms with Crippen LogP contribution < -0.4 is 15.5 Å². The molecule has 0 unspecified atom stereocenters. The van der Waals surface area contributed by atoms with Gasteiger partial charge in [-0.2, -0.15) is 4.47 Å². The molecule has 114 valence electrons. The molecule has 0 aliphatic heterocycles. The number of nitrogens with two attached hydrogens (primary N) is 1. The zero-order chi connectivity index (χ0) is 15.4. The lowest BCUT2D eigenvalue weighted by Crippen LogP contribution is -2.34. The topological polar surface area (TPSA) is 81.8 Å². The number of thiophene rings is 1. The Balaban J connectivity index is 2.92. The maximum Gasteiger partial charge on any atom is 0.251 e. The maximum atomic E-state index is 11.3. The minimum atomic E-state index is -0.514. The van der Waals surface area contributed by atoms with Gasteiger partial charge in [-0.1, -0.05) is 11.3 Å². The average molecular weight is 318 g/mol. The Morgan fingerprint density at radius 2 is 1.95 bits per heavy atom. The second-order valence-electron chi connectivity index (χ2n) is 4.84. The van der Waals surface area contributed by atoms with E-state index in [0.29, 0.717) is 15.6 Å². The molecule has 1 amide bonds. The van der Waals surface area contributed by atoms with Crippen molar-refractivity contribution in [3.63, 3.8) is 0 Å². The van der Waals surface area contributed by atoms with E-state index in [1.807, 2.05) is 0 Å². The van der Waals surface area contributed by atoms with Gasteiger partial charge in [0.15, 0.2) is 0 Å². The number of primary amides is 1. The molecule has 0 aromatic carbocycles. The largest absolute Gasteiger partial charge is 0.379 e. The molecule has 20 heavy (non-hydrogen) atoms. The van der Waals surface area contributed by atoms with Crippen molar-refractivity contribution in [2.24, 2.45) is 5.73 Å². The van der Waals surface area contributed by atoms with Crippen LogP contribution in [0, 0.1) is 0 Å². The van der Waals surface area contributed by atoms with Crippen LogP contribution in [-0.2, 0) is 0 Å². The number of hydrogen-bond acceptors (Lipinski definition) is 7. The van der Waals surface area contributed by atoms with Crippen molar-refractivity contribution < 1.29 is 10.0 Å². The van der Waals surface area contributed by atoms with Gasteiger partial charge in [0, 0.05) is 19.1 Å². The molecule has 0 spiro atoms. The Hall–Kier alpha value is -0.960. The van der Waals surface area contributed by atoms with E-state index in [0.717, 1.165) is 4.47 Å². The van der Waals surface area contributed by atoms with Crippen LogP contribution in [-0.4, -0.2) is 34.6 Å². The van der Waals surface area contributed by atoms with E-state index >= 15 is 0 Å². The van der Waals surface area contributed by atoms with E-state index in [4.69, 9.17) is 5.73 Å². The Bertz CT molecular complexity index is 454. The molecular weight excluding hydrogens is 296 g/mol. The molecule has 0 saturated carbocycles. The first-order valence-corrected chi connectivity index (χ1v) is 7.89. The van der Waals surface area contributed by atoms with Gasteiger partial charge in [0.25, 0.3) is 5.91 Å². The van der Waals surface area contributed by atoms with Crippen molar-refractivity contribution in [3.8, 4) is 0 Å². The summed E-state index contributed by atoms with van der Waals surface area (Å²) in [6.45, 7) is 8.23. The van der Waals surface area contributed by atoms with Gasteiger partial charge in [0.2, 0.25) is 0 Å². The van der Waals surface area contributed by atoms with Gasteiger partial charge in [-0.3, -0.25) is 10.0 Å². The van der Waals surface area contributed by atoms with E-state index in [-0.39, 0.29) is 12.1 Å². The normalized spacial score (nSPS) is 11.4. The summed E-state index contributed by atoms with van der Waals surface area (Å²) in [7, 11) is 1.71. The van der Waals surface area contributed by atoms with E-state index in [9.17, 15) is 10.0 Å². The summed E-state index contributed by atoms with van der Waals surface area (Å²) in [6.07, 6.45) is 0. The van der Waals surface area contributed by atoms with Gasteiger partial charge in [-0.25, -0.2) is 4.31 Å². The van der Waals surface area contributed by atoms with Gasteiger partial charge >= 0.3 is 0 Å². The number of nitrogens with zero attached hydrogens (tertiary/aromatic N) is 2. The van der Waals surface area contributed by atoms with E-state index in [1.54, 1.807) is 13.1 Å². The van der Waals surface area contributed by atoms with Gasteiger partial charge in [0.1, 0.15) is 10.0 Å². The molecular formula is C12H22N4O2S2. The van der Waals surface area contributed by atoms with Crippen molar-refractivity contribution in [2.75, 3.05) is 16.8 Å². The fraction of sp³-hybridized carbons (Fsp3) is 0.583. The van der Waals surface area contributed by atoms with Crippen LogP contribution in [0.4, 0.5) is 10.0 Å². The van der Waals surface area contributed by atoms with Crippen LogP contribution in [0.5, 0.6) is 0 Å². The summed E-state index contributed by atoms with van der Waals surface area (Å²) < 4.78 is 3.13. The molecule has 1 heterocycles. The third-order valence-corrected chi connectivity index (χ3v) is 5.22. The molecule has 0 aliphatic carbocycles. The first kappa shape index (κ1) is 17.1. The zero-order valence-electron chi connectivity index (χ0n) is 12.4. The van der Waals surface area contributed by atoms with Gasteiger partial charge < -0.3 is 11.1 Å². The Kier molecular flexibility index (Phi) is 6.12. The van der Waals surface area contributed by atoms with E-state index < -0.39 is 5.91 Å². The van der Waals surface area contributed by atoms with Gasteiger partial charge in [0.05, 0.1) is 17.7 Å². The van der Waals surface area contributed by atoms with Crippen molar-refractivity contribution in [2.45, 2.75) is 39.8 Å². The minimum absolute atomic E-state index is 0.272. The Labute approximate surface area is 128 Å². The number of rotatable bonds is 7. The summed E-state index contributed by atoms with van der Waals surface area (Å²) in [5.74, 6) is -0.514. The second-order valence-corrected chi connectivity index (χ2v) is 6.81. The summed E-state index contributed by atoms with van der Waals surface area (Å²) in [4.78, 5) is 11.3. The van der Waals surface area contributed by atoms with E-state index in [2.05, 4.69) is 37.3 Å². The van der Waals surface area contributed by atoms with Crippen LogP contribution in [0.25, 0.3) is 0 Å². The predicted octanol–water partition coefficient (Wildman–Crippen LogP) is 2.77. The lowest BCUT2D eigenvalue weighted by molar-refractivity contribution is 0.100. The standard InChI is InChI=1S/C12H22N4O2S2/c1-7(2)15(8(3)4)20-16(18)10-6-9(11(13)17)12(14-5)19-10/h6-8,14,18H,1-5H3,(H2,13,17). The fourth-order valence-electron chi connectivity index (χ4n) is 1.76. The number of amides is 1. The molecule has 1 rings (SSSR count). The lowest BCUT2D eigenvalue weighted by atomic mass is 10.3. The van der Waals surface area contributed by atoms with Crippen molar-refractivity contribution in [3.05, 3.63) is 11.6 Å². The average Bonchev–Trinajstić information content (AvgIpc) is 2.79. The minimum Gasteiger partial charge on any atom is -0.379 e. The van der Waals surface area contributed by atoms with Crippen LogP contribution >= 0.6 is 23.5 Å².